The van der Waals surface area contributed by atoms with Crippen molar-refractivity contribution in [3.63, 3.8) is 0 Å². The summed E-state index contributed by atoms with van der Waals surface area (Å²) in [4.78, 5) is 11.2. The molecular weight excluding hydrogens is 355 g/mol. The number of carbonyl (C=O) groups is 1. The third-order valence-corrected chi connectivity index (χ3v) is 5.45. The average molecular weight is 367 g/mol. The first-order chi connectivity index (χ1) is 7.14. The molecule has 16 heavy (non-hydrogen) atoms. The van der Waals surface area contributed by atoms with Crippen molar-refractivity contribution in [3.8, 4) is 0 Å². The largest absolute Gasteiger partial charge is 0.471 e. The maximum Gasteiger partial charge on any atom is 0.471 e. The average Bonchev–Trinajstić information content (AvgIpc) is 2.10. The second-order valence-electron chi connectivity index (χ2n) is 4.29. The number of hydrogen-bond acceptors (Lipinski definition) is 1. The van der Waals surface area contributed by atoms with Gasteiger partial charge in [0.25, 0.3) is 0 Å². The van der Waals surface area contributed by atoms with Gasteiger partial charge in [0.2, 0.25) is 0 Å². The molecule has 0 aliphatic heterocycles. The van der Waals surface area contributed by atoms with Crippen LogP contribution in [0.4, 0.5) is 13.2 Å². The lowest BCUT2D eigenvalue weighted by atomic mass is 9.83. The van der Waals surface area contributed by atoms with Crippen LogP contribution in [-0.2, 0) is 4.79 Å². The molecule has 3 atom stereocenters. The van der Waals surface area contributed by atoms with Gasteiger partial charge < -0.3 is 5.32 Å². The van der Waals surface area contributed by atoms with Crippen LogP contribution < -0.4 is 5.32 Å². The lowest BCUT2D eigenvalue weighted by molar-refractivity contribution is -0.175. The third-order valence-electron chi connectivity index (χ3n) is 2.68. The molecule has 2 nitrogen and oxygen atoms in total. The van der Waals surface area contributed by atoms with E-state index in [1.807, 2.05) is 0 Å². The zero-order valence-electron chi connectivity index (χ0n) is 8.57. The Bertz CT molecular complexity index is 284. The Balaban J connectivity index is 2.63. The minimum atomic E-state index is -4.81. The predicted octanol–water partition coefficient (Wildman–Crippen LogP) is 3.13. The quantitative estimate of drug-likeness (QED) is 0.710. The van der Waals surface area contributed by atoms with E-state index < -0.39 is 17.6 Å². The van der Waals surface area contributed by atoms with Gasteiger partial charge in [0.15, 0.2) is 0 Å². The van der Waals surface area contributed by atoms with E-state index in [4.69, 9.17) is 0 Å². The topological polar surface area (TPSA) is 29.1 Å². The Hall–Kier alpha value is 0.220. The zero-order valence-corrected chi connectivity index (χ0v) is 11.7. The number of carbonyl (C=O) groups excluding carboxylic acids is 1. The standard InChI is InChI=1S/C9H12Br2F3NO/c1-8(15-7(16)9(12,13)14)3-2-5(10)6(11)4-8/h5-6H,2-4H2,1H3,(H,15,16)/t5-,6-,8-/m1/s1. The summed E-state index contributed by atoms with van der Waals surface area (Å²) in [5.74, 6) is -1.86. The number of rotatable bonds is 1. The number of alkyl halides is 5. The van der Waals surface area contributed by atoms with E-state index in [9.17, 15) is 18.0 Å². The van der Waals surface area contributed by atoms with Gasteiger partial charge in [0.05, 0.1) is 0 Å². The van der Waals surface area contributed by atoms with Crippen LogP contribution >= 0.6 is 31.9 Å². The molecule has 0 aromatic carbocycles. The Labute approximate surface area is 109 Å². The first-order valence-corrected chi connectivity index (χ1v) is 6.65. The van der Waals surface area contributed by atoms with Crippen molar-refractivity contribution in [1.29, 1.82) is 0 Å². The molecule has 7 heteroatoms. The number of hydrogen-bond donors (Lipinski definition) is 1. The van der Waals surface area contributed by atoms with Gasteiger partial charge in [-0.3, -0.25) is 4.79 Å². The van der Waals surface area contributed by atoms with E-state index in [2.05, 4.69) is 37.2 Å². The third kappa shape index (κ3) is 3.61. The molecule has 1 amide bonds. The molecule has 0 radical (unpaired) electrons. The zero-order chi connectivity index (χ0) is 12.6. The fraction of sp³-hybridized carbons (Fsp3) is 0.889. The Morgan fingerprint density at radius 2 is 1.94 bits per heavy atom. The highest BCUT2D eigenvalue weighted by Crippen LogP contribution is 2.36. The van der Waals surface area contributed by atoms with Crippen molar-refractivity contribution in [2.24, 2.45) is 0 Å². The van der Waals surface area contributed by atoms with Crippen LogP contribution in [0.5, 0.6) is 0 Å². The Morgan fingerprint density at radius 3 is 2.38 bits per heavy atom. The van der Waals surface area contributed by atoms with Crippen molar-refractivity contribution >= 4 is 37.8 Å². The van der Waals surface area contributed by atoms with Gasteiger partial charge in [-0.25, -0.2) is 0 Å². The van der Waals surface area contributed by atoms with E-state index in [1.54, 1.807) is 6.92 Å². The molecule has 0 unspecified atom stereocenters. The van der Waals surface area contributed by atoms with Gasteiger partial charge in [-0.2, -0.15) is 13.2 Å². The Morgan fingerprint density at radius 1 is 1.38 bits per heavy atom. The van der Waals surface area contributed by atoms with Gasteiger partial charge in [-0.05, 0) is 26.2 Å². The van der Waals surface area contributed by atoms with Gasteiger partial charge >= 0.3 is 12.1 Å². The summed E-state index contributed by atoms with van der Waals surface area (Å²) in [5, 5.41) is 2.07. The summed E-state index contributed by atoms with van der Waals surface area (Å²) in [6.07, 6.45) is -3.07. The minimum Gasteiger partial charge on any atom is -0.343 e. The fourth-order valence-corrected chi connectivity index (χ4v) is 3.15. The van der Waals surface area contributed by atoms with Gasteiger partial charge in [-0.15, -0.1) is 0 Å². The molecule has 1 fully saturated rings. The summed E-state index contributed by atoms with van der Waals surface area (Å²) in [7, 11) is 0. The van der Waals surface area contributed by atoms with E-state index >= 15 is 0 Å². The van der Waals surface area contributed by atoms with Crippen molar-refractivity contribution in [3.05, 3.63) is 0 Å². The van der Waals surface area contributed by atoms with Gasteiger partial charge in [0.1, 0.15) is 0 Å². The number of halogens is 5. The first kappa shape index (κ1) is 14.3. The SMILES string of the molecule is C[C@@]1(NC(=O)C(F)(F)F)CC[C@@H](Br)[C@H](Br)C1. The number of nitrogens with one attached hydrogen (secondary N) is 1. The first-order valence-electron chi connectivity index (χ1n) is 4.81. The van der Waals surface area contributed by atoms with E-state index in [1.165, 1.54) is 0 Å². The molecule has 1 saturated carbocycles. The second-order valence-corrected chi connectivity index (χ2v) is 6.64. The van der Waals surface area contributed by atoms with Crippen LogP contribution in [0.25, 0.3) is 0 Å². The predicted molar refractivity (Wildman–Crippen MR) is 61.9 cm³/mol. The second kappa shape index (κ2) is 4.84. The molecule has 1 aliphatic rings. The lowest BCUT2D eigenvalue weighted by Gasteiger charge is -2.39. The van der Waals surface area contributed by atoms with Gasteiger partial charge in [-0.1, -0.05) is 31.9 Å². The van der Waals surface area contributed by atoms with Gasteiger partial charge in [0, 0.05) is 15.2 Å². The smallest absolute Gasteiger partial charge is 0.343 e. The molecule has 0 heterocycles. The van der Waals surface area contributed by atoms with Crippen LogP contribution in [0.1, 0.15) is 26.2 Å². The molecule has 0 aromatic rings. The van der Waals surface area contributed by atoms with Crippen LogP contribution in [0.2, 0.25) is 0 Å². The molecule has 1 rings (SSSR count). The molecule has 1 aliphatic carbocycles. The Kier molecular flexibility index (Phi) is 4.32. The molecule has 0 bridgehead atoms. The monoisotopic (exact) mass is 365 g/mol. The summed E-state index contributed by atoms with van der Waals surface area (Å²) in [6, 6.07) is 0. The summed E-state index contributed by atoms with van der Waals surface area (Å²) in [5.41, 5.74) is -0.787. The van der Waals surface area contributed by atoms with Crippen molar-refractivity contribution in [2.75, 3.05) is 0 Å². The van der Waals surface area contributed by atoms with E-state index in [0.29, 0.717) is 12.8 Å². The fourth-order valence-electron chi connectivity index (χ4n) is 1.76. The maximum absolute atomic E-state index is 12.1. The molecule has 0 spiro atoms. The summed E-state index contributed by atoms with van der Waals surface area (Å²) < 4.78 is 36.3. The van der Waals surface area contributed by atoms with Crippen molar-refractivity contribution in [2.45, 2.75) is 47.6 Å². The normalized spacial score (nSPS) is 35.9. The van der Waals surface area contributed by atoms with E-state index in [0.717, 1.165) is 6.42 Å². The van der Waals surface area contributed by atoms with Crippen LogP contribution in [-0.4, -0.2) is 27.3 Å². The minimum absolute atomic E-state index is 0.0692. The highest BCUT2D eigenvalue weighted by atomic mass is 79.9. The maximum atomic E-state index is 12.1. The highest BCUT2D eigenvalue weighted by Gasteiger charge is 2.44. The molecule has 94 valence electrons. The van der Waals surface area contributed by atoms with E-state index in [-0.39, 0.29) is 9.65 Å². The molecule has 1 N–H and O–H groups in total. The van der Waals surface area contributed by atoms with Crippen molar-refractivity contribution < 1.29 is 18.0 Å². The highest BCUT2D eigenvalue weighted by molar-refractivity contribution is 9.12. The number of amides is 1. The van der Waals surface area contributed by atoms with Crippen LogP contribution in [0.15, 0.2) is 0 Å². The lowest BCUT2D eigenvalue weighted by Crippen LogP contribution is -2.54. The summed E-state index contributed by atoms with van der Waals surface area (Å²) >= 11 is 6.82. The van der Waals surface area contributed by atoms with Crippen LogP contribution in [0.3, 0.4) is 0 Å². The van der Waals surface area contributed by atoms with Crippen molar-refractivity contribution in [1.82, 2.24) is 5.32 Å². The molecule has 0 aromatic heterocycles. The summed E-state index contributed by atoms with van der Waals surface area (Å²) in [6.45, 7) is 1.64. The molecule has 0 saturated heterocycles. The molecular formula is C9H12Br2F3NO. The van der Waals surface area contributed by atoms with Crippen LogP contribution in [0, 0.1) is 0 Å².